The van der Waals surface area contributed by atoms with Crippen molar-refractivity contribution in [2.45, 2.75) is 32.2 Å². The zero-order valence-electron chi connectivity index (χ0n) is 17.4. The smallest absolute Gasteiger partial charge is 0.321 e. The summed E-state index contributed by atoms with van der Waals surface area (Å²) in [4.78, 5) is 18.3. The minimum atomic E-state index is -0.126. The number of aromatic nitrogens is 3. The molecule has 0 atom stereocenters. The molecule has 0 spiro atoms. The highest BCUT2D eigenvalue weighted by Crippen LogP contribution is 2.16. The third-order valence-electron chi connectivity index (χ3n) is 5.45. The molecule has 1 N–H and O–H groups in total. The van der Waals surface area contributed by atoms with E-state index in [9.17, 15) is 4.79 Å². The molecule has 1 aliphatic heterocycles. The van der Waals surface area contributed by atoms with Gasteiger partial charge < -0.3 is 10.1 Å². The average molecular weight is 407 g/mol. The molecule has 0 radical (unpaired) electrons. The number of ether oxygens (including phenoxy) is 1. The van der Waals surface area contributed by atoms with Crippen LogP contribution in [0, 0.1) is 6.92 Å². The maximum absolute atomic E-state index is 12.9. The Morgan fingerprint density at radius 3 is 2.73 bits per heavy atom. The monoisotopic (exact) mass is 407 g/mol. The predicted molar refractivity (Wildman–Crippen MR) is 112 cm³/mol. The van der Waals surface area contributed by atoms with Crippen molar-refractivity contribution in [1.29, 1.82) is 0 Å². The van der Waals surface area contributed by atoms with Gasteiger partial charge in [-0.3, -0.25) is 9.63 Å². The second-order valence-electron chi connectivity index (χ2n) is 7.53. The van der Waals surface area contributed by atoms with Crippen LogP contribution in [0.25, 0.3) is 5.69 Å². The summed E-state index contributed by atoms with van der Waals surface area (Å²) in [7, 11) is 1.57. The summed E-state index contributed by atoms with van der Waals surface area (Å²) in [5, 5.41) is 7.37. The topological polar surface area (TPSA) is 69.3 Å². The molecule has 2 aromatic heterocycles. The number of nitrogens with one attached hydrogen (secondary N) is 1. The van der Waals surface area contributed by atoms with E-state index in [4.69, 9.17) is 9.57 Å². The van der Waals surface area contributed by atoms with Crippen molar-refractivity contribution in [3.8, 4) is 5.69 Å². The summed E-state index contributed by atoms with van der Waals surface area (Å²) >= 11 is 0. The molecule has 0 unspecified atom stereocenters. The van der Waals surface area contributed by atoms with Crippen LogP contribution in [0.15, 0.2) is 55.0 Å². The first-order valence-corrected chi connectivity index (χ1v) is 10.2. The van der Waals surface area contributed by atoms with Crippen molar-refractivity contribution >= 4 is 5.91 Å². The van der Waals surface area contributed by atoms with Crippen molar-refractivity contribution in [3.63, 3.8) is 0 Å². The Labute approximate surface area is 176 Å². The third-order valence-corrected chi connectivity index (χ3v) is 5.45. The fourth-order valence-corrected chi connectivity index (χ4v) is 3.69. The Morgan fingerprint density at radius 1 is 1.30 bits per heavy atom. The van der Waals surface area contributed by atoms with Crippen molar-refractivity contribution in [2.24, 2.45) is 0 Å². The number of nitrogens with zero attached hydrogens (tertiary/aromatic N) is 3. The number of rotatable bonds is 6. The van der Waals surface area contributed by atoms with Gasteiger partial charge in [-0.15, -0.1) is 0 Å². The molecule has 1 saturated heterocycles. The van der Waals surface area contributed by atoms with E-state index in [-0.39, 0.29) is 11.9 Å². The van der Waals surface area contributed by atoms with Crippen LogP contribution in [0.2, 0.25) is 0 Å². The third kappa shape index (κ3) is 4.52. The number of pyridine rings is 1. The summed E-state index contributed by atoms with van der Waals surface area (Å²) < 4.78 is 8.75. The summed E-state index contributed by atoms with van der Waals surface area (Å²) in [6.07, 6.45) is 7.95. The number of carbonyl (C=O) groups is 1. The number of hydrogen-bond acceptors (Lipinski definition) is 4. The number of benzene rings is 1. The molecule has 3 heterocycles. The molecular weight excluding hydrogens is 380 g/mol. The zero-order valence-corrected chi connectivity index (χ0v) is 17.4. The zero-order chi connectivity index (χ0) is 20.9. The van der Waals surface area contributed by atoms with Crippen LogP contribution < -0.4 is 14.9 Å². The normalized spacial score (nSPS) is 14.5. The van der Waals surface area contributed by atoms with Gasteiger partial charge in [-0.1, -0.05) is 12.1 Å². The minimum Gasteiger partial charge on any atom is -0.381 e. The molecule has 4 rings (SSSR count). The Bertz CT molecular complexity index is 994. The van der Waals surface area contributed by atoms with E-state index in [0.29, 0.717) is 18.9 Å². The molecule has 0 saturated carbocycles. The second-order valence-corrected chi connectivity index (χ2v) is 7.53. The van der Waals surface area contributed by atoms with Gasteiger partial charge >= 0.3 is 11.6 Å². The SMILES string of the molecule is CO[n+]1cc(C)c(Cc2ccc(-n3cccn3)cc2)cc1C(=O)NC1CCOCC1. The number of hydrogen-bond donors (Lipinski definition) is 1. The molecule has 30 heavy (non-hydrogen) atoms. The molecule has 1 amide bonds. The van der Waals surface area contributed by atoms with Gasteiger partial charge in [0.05, 0.1) is 5.69 Å². The standard InChI is InChI=1S/C23H26N4O3/c1-17-16-27(29-2)22(23(28)25-20-8-12-30-13-9-20)15-19(17)14-18-4-6-21(7-5-18)26-11-3-10-24-26/h3-7,10-11,15-16,20H,8-9,12-14H2,1-2H3/p+1. The van der Waals surface area contributed by atoms with Crippen LogP contribution in [0.1, 0.15) is 40.0 Å². The largest absolute Gasteiger partial charge is 0.381 e. The summed E-state index contributed by atoms with van der Waals surface area (Å²) in [5.41, 5.74) is 4.84. The fourth-order valence-electron chi connectivity index (χ4n) is 3.69. The Balaban J connectivity index is 1.54. The molecule has 0 aliphatic carbocycles. The maximum Gasteiger partial charge on any atom is 0.321 e. The molecule has 7 heteroatoms. The first-order valence-electron chi connectivity index (χ1n) is 10.2. The molecule has 7 nitrogen and oxygen atoms in total. The van der Waals surface area contributed by atoms with Gasteiger partial charge in [-0.25, -0.2) is 4.68 Å². The summed E-state index contributed by atoms with van der Waals surface area (Å²) in [6.45, 7) is 3.40. The van der Waals surface area contributed by atoms with E-state index >= 15 is 0 Å². The van der Waals surface area contributed by atoms with Gasteiger partial charge in [0.1, 0.15) is 7.11 Å². The lowest BCUT2D eigenvalue weighted by atomic mass is 10.0. The van der Waals surface area contributed by atoms with Crippen LogP contribution in [-0.4, -0.2) is 42.1 Å². The molecule has 0 bridgehead atoms. The Kier molecular flexibility index (Phi) is 6.09. The highest BCUT2D eigenvalue weighted by Gasteiger charge is 2.26. The first kappa shape index (κ1) is 20.1. The first-order chi connectivity index (χ1) is 14.6. The van der Waals surface area contributed by atoms with Gasteiger partial charge in [-0.05, 0) is 55.5 Å². The van der Waals surface area contributed by atoms with Gasteiger partial charge in [0, 0.05) is 48.0 Å². The van der Waals surface area contributed by atoms with Crippen molar-refractivity contribution in [3.05, 3.63) is 77.4 Å². The van der Waals surface area contributed by atoms with Gasteiger partial charge in [0.15, 0.2) is 0 Å². The van der Waals surface area contributed by atoms with Gasteiger partial charge in [0.25, 0.3) is 0 Å². The average Bonchev–Trinajstić information content (AvgIpc) is 3.31. The maximum atomic E-state index is 12.9. The lowest BCUT2D eigenvalue weighted by Gasteiger charge is -2.22. The van der Waals surface area contributed by atoms with E-state index < -0.39 is 0 Å². The highest BCUT2D eigenvalue weighted by atomic mass is 16.6. The lowest BCUT2D eigenvalue weighted by Crippen LogP contribution is -2.50. The van der Waals surface area contributed by atoms with Crippen LogP contribution in [-0.2, 0) is 11.2 Å². The molecule has 1 aromatic carbocycles. The number of carbonyl (C=O) groups excluding carboxylic acids is 1. The molecular formula is C23H27N4O3+. The highest BCUT2D eigenvalue weighted by molar-refractivity contribution is 5.91. The fraction of sp³-hybridized carbons (Fsp3) is 0.348. The van der Waals surface area contributed by atoms with E-state index in [1.807, 2.05) is 36.1 Å². The van der Waals surface area contributed by atoms with Crippen LogP contribution >= 0.6 is 0 Å². The molecule has 1 aliphatic rings. The molecule has 156 valence electrons. The van der Waals surface area contributed by atoms with E-state index in [2.05, 4.69) is 34.7 Å². The van der Waals surface area contributed by atoms with E-state index in [1.54, 1.807) is 13.3 Å². The quantitative estimate of drug-likeness (QED) is 0.635. The molecule has 3 aromatic rings. The summed E-state index contributed by atoms with van der Waals surface area (Å²) in [5.74, 6) is -0.126. The van der Waals surface area contributed by atoms with Crippen LogP contribution in [0.3, 0.4) is 0 Å². The van der Waals surface area contributed by atoms with Crippen molar-refractivity contribution < 1.29 is 19.1 Å². The second kappa shape index (κ2) is 9.09. The van der Waals surface area contributed by atoms with Gasteiger partial charge in [-0.2, -0.15) is 5.10 Å². The van der Waals surface area contributed by atoms with E-state index in [0.717, 1.165) is 36.1 Å². The number of aryl methyl sites for hydroxylation is 1. The Hall–Kier alpha value is -3.19. The summed E-state index contributed by atoms with van der Waals surface area (Å²) in [6, 6.07) is 12.2. The van der Waals surface area contributed by atoms with Gasteiger partial charge in [0.2, 0.25) is 6.20 Å². The minimum absolute atomic E-state index is 0.126. The Morgan fingerprint density at radius 2 is 2.07 bits per heavy atom. The van der Waals surface area contributed by atoms with Crippen molar-refractivity contribution in [1.82, 2.24) is 15.1 Å². The van der Waals surface area contributed by atoms with Crippen molar-refractivity contribution in [2.75, 3.05) is 20.3 Å². The number of amides is 1. The predicted octanol–water partition coefficient (Wildman–Crippen LogP) is 2.03. The van der Waals surface area contributed by atoms with Crippen LogP contribution in [0.4, 0.5) is 0 Å². The van der Waals surface area contributed by atoms with Crippen LogP contribution in [0.5, 0.6) is 0 Å². The van der Waals surface area contributed by atoms with E-state index in [1.165, 1.54) is 10.3 Å². The lowest BCUT2D eigenvalue weighted by molar-refractivity contribution is -0.886. The molecule has 1 fully saturated rings.